The number of anilines is 1. The third-order valence-corrected chi connectivity index (χ3v) is 6.60. The Morgan fingerprint density at radius 2 is 2.15 bits per heavy atom. The molecule has 4 rings (SSSR count). The number of carboxylic acid groups (broad SMARTS) is 1. The maximum absolute atomic E-state index is 12.7. The Kier molecular flexibility index (Phi) is 4.13. The normalized spacial score (nSPS) is 27.5. The number of nitrogens with zero attached hydrogens (tertiary/aromatic N) is 2. The molecule has 1 saturated heterocycles. The smallest absolute Gasteiger partial charge is 0.317 e. The maximum Gasteiger partial charge on any atom is 0.317 e. The summed E-state index contributed by atoms with van der Waals surface area (Å²) in [5, 5.41) is 12.7. The number of likely N-dealkylation sites (N-methyl/N-ethyl adjacent to an activating group) is 1. The van der Waals surface area contributed by atoms with E-state index in [2.05, 4.69) is 5.32 Å². The summed E-state index contributed by atoms with van der Waals surface area (Å²) in [6.07, 6.45) is 2.83. The van der Waals surface area contributed by atoms with Crippen LogP contribution in [0.1, 0.15) is 43.4 Å². The molecule has 7 nitrogen and oxygen atoms in total. The first-order valence-corrected chi connectivity index (χ1v) is 9.50. The standard InChI is InChI=1S/C20H25N3O4/c1-12(13-5-6-16-14(8-13)9-17(24)22(16)2)21-19(27)23-10-15-4-3-7-20(15,11-23)18(25)26/h5-6,8,12,15H,3-4,7,9-11H2,1-2H3,(H,21,27)(H,25,26)/t12?,15-,20+/m0/s1. The van der Waals surface area contributed by atoms with Gasteiger partial charge < -0.3 is 20.2 Å². The van der Waals surface area contributed by atoms with E-state index < -0.39 is 11.4 Å². The van der Waals surface area contributed by atoms with Crippen molar-refractivity contribution in [3.05, 3.63) is 29.3 Å². The zero-order valence-electron chi connectivity index (χ0n) is 15.7. The van der Waals surface area contributed by atoms with Crippen molar-refractivity contribution in [1.82, 2.24) is 10.2 Å². The largest absolute Gasteiger partial charge is 0.481 e. The number of carbonyl (C=O) groups is 3. The van der Waals surface area contributed by atoms with Crippen LogP contribution in [0, 0.1) is 11.3 Å². The molecule has 0 aromatic heterocycles. The summed E-state index contributed by atoms with van der Waals surface area (Å²) in [7, 11) is 1.77. The van der Waals surface area contributed by atoms with Crippen LogP contribution in [0.5, 0.6) is 0 Å². The molecule has 2 heterocycles. The van der Waals surface area contributed by atoms with Crippen LogP contribution in [0.25, 0.3) is 0 Å². The van der Waals surface area contributed by atoms with Gasteiger partial charge in [0.25, 0.3) is 0 Å². The summed E-state index contributed by atoms with van der Waals surface area (Å²) < 4.78 is 0. The van der Waals surface area contributed by atoms with E-state index in [4.69, 9.17) is 0 Å². The summed E-state index contributed by atoms with van der Waals surface area (Å²) in [6, 6.07) is 5.38. The van der Waals surface area contributed by atoms with Crippen LogP contribution >= 0.6 is 0 Å². The average Bonchev–Trinajstić information content (AvgIpc) is 3.26. The second-order valence-corrected chi connectivity index (χ2v) is 8.12. The van der Waals surface area contributed by atoms with Crippen molar-refractivity contribution in [3.8, 4) is 0 Å². The molecule has 0 radical (unpaired) electrons. The van der Waals surface area contributed by atoms with E-state index in [-0.39, 0.29) is 30.4 Å². The topological polar surface area (TPSA) is 90.0 Å². The highest BCUT2D eigenvalue weighted by atomic mass is 16.4. The molecule has 3 atom stereocenters. The number of carbonyl (C=O) groups excluding carboxylic acids is 2. The summed E-state index contributed by atoms with van der Waals surface area (Å²) in [4.78, 5) is 39.7. The number of benzene rings is 1. The second kappa shape index (κ2) is 6.25. The van der Waals surface area contributed by atoms with Crippen molar-refractivity contribution in [3.63, 3.8) is 0 Å². The van der Waals surface area contributed by atoms with Crippen LogP contribution in [-0.2, 0) is 16.0 Å². The molecule has 1 aromatic rings. The molecule has 0 bridgehead atoms. The third-order valence-electron chi connectivity index (χ3n) is 6.60. The molecule has 144 valence electrons. The zero-order chi connectivity index (χ0) is 19.3. The van der Waals surface area contributed by atoms with Gasteiger partial charge in [-0.1, -0.05) is 18.6 Å². The molecule has 1 aliphatic carbocycles. The van der Waals surface area contributed by atoms with Crippen molar-refractivity contribution in [2.45, 2.75) is 38.6 Å². The molecule has 2 N–H and O–H groups in total. The van der Waals surface area contributed by atoms with E-state index in [1.54, 1.807) is 16.8 Å². The van der Waals surface area contributed by atoms with Crippen LogP contribution in [-0.4, -0.2) is 48.1 Å². The van der Waals surface area contributed by atoms with Crippen molar-refractivity contribution in [2.75, 3.05) is 25.0 Å². The summed E-state index contributed by atoms with van der Waals surface area (Å²) in [5.74, 6) is -0.653. The number of carboxylic acids is 1. The monoisotopic (exact) mass is 371 g/mol. The highest BCUT2D eigenvalue weighted by Crippen LogP contribution is 2.48. The predicted octanol–water partition coefficient (Wildman–Crippen LogP) is 2.16. The van der Waals surface area contributed by atoms with Gasteiger partial charge in [0.05, 0.1) is 17.9 Å². The summed E-state index contributed by atoms with van der Waals surface area (Å²) in [5.41, 5.74) is 2.07. The van der Waals surface area contributed by atoms with E-state index in [0.717, 1.165) is 29.7 Å². The van der Waals surface area contributed by atoms with E-state index >= 15 is 0 Å². The highest BCUT2D eigenvalue weighted by molar-refractivity contribution is 6.01. The minimum absolute atomic E-state index is 0.0533. The third kappa shape index (κ3) is 2.76. The van der Waals surface area contributed by atoms with Crippen LogP contribution in [0.2, 0.25) is 0 Å². The fourth-order valence-electron chi connectivity index (χ4n) is 4.91. The van der Waals surface area contributed by atoms with Crippen LogP contribution < -0.4 is 10.2 Å². The van der Waals surface area contributed by atoms with E-state index in [9.17, 15) is 19.5 Å². The number of fused-ring (bicyclic) bond motifs is 2. The predicted molar refractivity (Wildman–Crippen MR) is 99.5 cm³/mol. The van der Waals surface area contributed by atoms with E-state index in [1.807, 2.05) is 25.1 Å². The van der Waals surface area contributed by atoms with Crippen molar-refractivity contribution >= 4 is 23.6 Å². The lowest BCUT2D eigenvalue weighted by Crippen LogP contribution is -2.42. The molecule has 1 unspecified atom stereocenters. The molecule has 27 heavy (non-hydrogen) atoms. The molecule has 3 amide bonds. The highest BCUT2D eigenvalue weighted by Gasteiger charge is 2.55. The van der Waals surface area contributed by atoms with Crippen molar-refractivity contribution in [1.29, 1.82) is 0 Å². The van der Waals surface area contributed by atoms with Gasteiger partial charge in [-0.05, 0) is 42.9 Å². The molecule has 1 aromatic carbocycles. The van der Waals surface area contributed by atoms with Gasteiger partial charge in [-0.15, -0.1) is 0 Å². The number of hydrogen-bond donors (Lipinski definition) is 2. The lowest BCUT2D eigenvalue weighted by molar-refractivity contribution is -0.149. The van der Waals surface area contributed by atoms with Crippen LogP contribution in [0.15, 0.2) is 18.2 Å². The lowest BCUT2D eigenvalue weighted by atomic mass is 9.81. The zero-order valence-corrected chi connectivity index (χ0v) is 15.7. The molecule has 7 heteroatoms. The molecule has 2 aliphatic heterocycles. The average molecular weight is 371 g/mol. The minimum Gasteiger partial charge on any atom is -0.481 e. The van der Waals surface area contributed by atoms with Crippen LogP contribution in [0.4, 0.5) is 10.5 Å². The number of aliphatic carboxylic acids is 1. The van der Waals surface area contributed by atoms with Crippen molar-refractivity contribution < 1.29 is 19.5 Å². The van der Waals surface area contributed by atoms with Gasteiger partial charge in [-0.25, -0.2) is 4.79 Å². The SMILES string of the molecule is CC(NC(=O)N1C[C@@H]2CCC[C@@]2(C(=O)O)C1)c1ccc2c(c1)CC(=O)N2C. The van der Waals surface area contributed by atoms with E-state index in [1.165, 1.54) is 0 Å². The first-order valence-electron chi connectivity index (χ1n) is 9.50. The van der Waals surface area contributed by atoms with Gasteiger partial charge >= 0.3 is 12.0 Å². The van der Waals surface area contributed by atoms with E-state index in [0.29, 0.717) is 19.4 Å². The number of nitrogens with one attached hydrogen (secondary N) is 1. The Labute approximate surface area is 158 Å². The Balaban J connectivity index is 1.44. The molecule has 1 saturated carbocycles. The summed E-state index contributed by atoms with van der Waals surface area (Å²) >= 11 is 0. The summed E-state index contributed by atoms with van der Waals surface area (Å²) in [6.45, 7) is 2.70. The molecule has 0 spiro atoms. The van der Waals surface area contributed by atoms with Crippen molar-refractivity contribution in [2.24, 2.45) is 11.3 Å². The number of hydrogen-bond acceptors (Lipinski definition) is 3. The fourth-order valence-corrected chi connectivity index (χ4v) is 4.91. The van der Waals surface area contributed by atoms with Gasteiger partial charge in [0.15, 0.2) is 0 Å². The molecule has 2 fully saturated rings. The van der Waals surface area contributed by atoms with Gasteiger partial charge in [0.2, 0.25) is 5.91 Å². The van der Waals surface area contributed by atoms with Gasteiger partial charge in [-0.2, -0.15) is 0 Å². The van der Waals surface area contributed by atoms with Gasteiger partial charge in [0, 0.05) is 25.8 Å². The maximum atomic E-state index is 12.7. The molecule has 3 aliphatic rings. The Morgan fingerprint density at radius 3 is 2.85 bits per heavy atom. The number of likely N-dealkylation sites (tertiary alicyclic amines) is 1. The number of rotatable bonds is 3. The lowest BCUT2D eigenvalue weighted by Gasteiger charge is -2.24. The Hall–Kier alpha value is -2.57. The molecular weight excluding hydrogens is 346 g/mol. The minimum atomic E-state index is -0.777. The Bertz CT molecular complexity index is 823. The first kappa shape index (κ1) is 17.8. The van der Waals surface area contributed by atoms with Crippen LogP contribution in [0.3, 0.4) is 0 Å². The fraction of sp³-hybridized carbons (Fsp3) is 0.550. The van der Waals surface area contributed by atoms with Gasteiger partial charge in [0.1, 0.15) is 0 Å². The quantitative estimate of drug-likeness (QED) is 0.852. The second-order valence-electron chi connectivity index (χ2n) is 8.12. The number of urea groups is 1. The Morgan fingerprint density at radius 1 is 1.37 bits per heavy atom. The molecular formula is C20H25N3O4. The van der Waals surface area contributed by atoms with Gasteiger partial charge in [-0.3, -0.25) is 9.59 Å². The number of amides is 3. The first-order chi connectivity index (χ1) is 12.8.